The van der Waals surface area contributed by atoms with Crippen molar-refractivity contribution >= 4 is 5.91 Å². The van der Waals surface area contributed by atoms with E-state index in [0.29, 0.717) is 36.8 Å². The standard InChI is InChI=1S/C20H30N2O4/c1-3-13-26-18-9-8-16(14-19(18)25-4-2)20(24)21-10-12-22-11-6-5-7-17(22)15-23/h3,8-9,14,17,23H,1,4-7,10-13,15H2,2H3,(H,21,24)/t17-/m0/s1. The van der Waals surface area contributed by atoms with E-state index in [0.717, 1.165) is 32.4 Å². The third kappa shape index (κ3) is 5.75. The molecule has 1 saturated heterocycles. The van der Waals surface area contributed by atoms with Crippen molar-refractivity contribution < 1.29 is 19.4 Å². The molecule has 0 unspecified atom stereocenters. The molecule has 1 fully saturated rings. The average Bonchev–Trinajstić information content (AvgIpc) is 2.67. The van der Waals surface area contributed by atoms with Crippen molar-refractivity contribution in [3.8, 4) is 11.5 Å². The first-order valence-electron chi connectivity index (χ1n) is 9.33. The number of carbonyl (C=O) groups excluding carboxylic acids is 1. The first-order chi connectivity index (χ1) is 12.7. The summed E-state index contributed by atoms with van der Waals surface area (Å²) in [5.74, 6) is 1.01. The van der Waals surface area contributed by atoms with E-state index in [1.807, 2.05) is 6.92 Å². The predicted octanol–water partition coefficient (Wildman–Crippen LogP) is 2.23. The quantitative estimate of drug-likeness (QED) is 0.625. The second kappa shape index (κ2) is 10.8. The monoisotopic (exact) mass is 362 g/mol. The van der Waals surface area contributed by atoms with Gasteiger partial charge in [0.05, 0.1) is 13.2 Å². The van der Waals surface area contributed by atoms with Gasteiger partial charge < -0.3 is 19.9 Å². The van der Waals surface area contributed by atoms with E-state index in [-0.39, 0.29) is 18.6 Å². The highest BCUT2D eigenvalue weighted by Crippen LogP contribution is 2.28. The molecule has 1 atom stereocenters. The first kappa shape index (κ1) is 20.3. The number of likely N-dealkylation sites (tertiary alicyclic amines) is 1. The molecule has 0 aliphatic carbocycles. The van der Waals surface area contributed by atoms with Gasteiger partial charge in [-0.3, -0.25) is 9.69 Å². The number of benzene rings is 1. The fourth-order valence-electron chi connectivity index (χ4n) is 3.16. The number of hydrogen-bond donors (Lipinski definition) is 2. The molecule has 2 rings (SSSR count). The number of piperidine rings is 1. The van der Waals surface area contributed by atoms with Crippen LogP contribution in [0.25, 0.3) is 0 Å². The highest BCUT2D eigenvalue weighted by Gasteiger charge is 2.21. The molecule has 1 aromatic carbocycles. The van der Waals surface area contributed by atoms with Crippen LogP contribution < -0.4 is 14.8 Å². The third-order valence-corrected chi connectivity index (χ3v) is 4.51. The van der Waals surface area contributed by atoms with Crippen molar-refractivity contribution in [3.05, 3.63) is 36.4 Å². The number of aliphatic hydroxyl groups excluding tert-OH is 1. The molecule has 0 spiro atoms. The van der Waals surface area contributed by atoms with Gasteiger partial charge in [-0.1, -0.05) is 19.1 Å². The molecule has 1 aliphatic rings. The Morgan fingerprint density at radius 2 is 2.23 bits per heavy atom. The Hall–Kier alpha value is -2.05. The molecule has 6 nitrogen and oxygen atoms in total. The minimum Gasteiger partial charge on any atom is -0.490 e. The summed E-state index contributed by atoms with van der Waals surface area (Å²) in [6, 6.07) is 5.39. The molecule has 0 aromatic heterocycles. The highest BCUT2D eigenvalue weighted by molar-refractivity contribution is 5.94. The van der Waals surface area contributed by atoms with Crippen LogP contribution in [0.2, 0.25) is 0 Å². The van der Waals surface area contributed by atoms with E-state index in [1.165, 1.54) is 0 Å². The van der Waals surface area contributed by atoms with E-state index in [1.54, 1.807) is 24.3 Å². The van der Waals surface area contributed by atoms with Gasteiger partial charge in [-0.25, -0.2) is 0 Å². The van der Waals surface area contributed by atoms with E-state index >= 15 is 0 Å². The molecular formula is C20H30N2O4. The second-order valence-corrected chi connectivity index (χ2v) is 6.32. The second-order valence-electron chi connectivity index (χ2n) is 6.32. The molecule has 1 heterocycles. The van der Waals surface area contributed by atoms with Gasteiger partial charge in [0.1, 0.15) is 6.61 Å². The zero-order chi connectivity index (χ0) is 18.8. The maximum Gasteiger partial charge on any atom is 0.251 e. The number of ether oxygens (including phenoxy) is 2. The van der Waals surface area contributed by atoms with Crippen LogP contribution in [-0.2, 0) is 0 Å². The minimum atomic E-state index is -0.140. The molecule has 144 valence electrons. The lowest BCUT2D eigenvalue weighted by atomic mass is 10.0. The summed E-state index contributed by atoms with van der Waals surface area (Å²) in [6.07, 6.45) is 4.99. The van der Waals surface area contributed by atoms with Gasteiger partial charge in [-0.15, -0.1) is 0 Å². The normalized spacial score (nSPS) is 17.5. The maximum absolute atomic E-state index is 12.4. The van der Waals surface area contributed by atoms with E-state index in [2.05, 4.69) is 16.8 Å². The van der Waals surface area contributed by atoms with Gasteiger partial charge in [-0.05, 0) is 44.5 Å². The molecule has 1 aromatic rings. The summed E-state index contributed by atoms with van der Waals surface area (Å²) in [6.45, 7) is 8.85. The maximum atomic E-state index is 12.4. The largest absolute Gasteiger partial charge is 0.490 e. The molecule has 0 saturated carbocycles. The number of amides is 1. The zero-order valence-corrected chi connectivity index (χ0v) is 15.6. The number of nitrogens with zero attached hydrogens (tertiary/aromatic N) is 1. The Bertz CT molecular complexity index is 591. The van der Waals surface area contributed by atoms with Gasteiger partial charge in [-0.2, -0.15) is 0 Å². The van der Waals surface area contributed by atoms with Crippen molar-refractivity contribution in [2.24, 2.45) is 0 Å². The van der Waals surface area contributed by atoms with Crippen molar-refractivity contribution in [1.82, 2.24) is 10.2 Å². The fraction of sp³-hybridized carbons (Fsp3) is 0.550. The molecule has 26 heavy (non-hydrogen) atoms. The molecule has 2 N–H and O–H groups in total. The summed E-state index contributed by atoms with van der Waals surface area (Å²) in [4.78, 5) is 14.7. The van der Waals surface area contributed by atoms with Crippen molar-refractivity contribution in [3.63, 3.8) is 0 Å². The lowest BCUT2D eigenvalue weighted by Crippen LogP contribution is -2.45. The van der Waals surface area contributed by atoms with Crippen LogP contribution >= 0.6 is 0 Å². The highest BCUT2D eigenvalue weighted by atomic mass is 16.5. The number of carbonyl (C=O) groups is 1. The summed E-state index contributed by atoms with van der Waals surface area (Å²) in [7, 11) is 0. The van der Waals surface area contributed by atoms with Crippen molar-refractivity contribution in [2.45, 2.75) is 32.2 Å². The predicted molar refractivity (Wildman–Crippen MR) is 102 cm³/mol. The lowest BCUT2D eigenvalue weighted by Gasteiger charge is -2.34. The topological polar surface area (TPSA) is 71.0 Å². The van der Waals surface area contributed by atoms with E-state index in [9.17, 15) is 9.90 Å². The summed E-state index contributed by atoms with van der Waals surface area (Å²) in [5.41, 5.74) is 0.539. The Kier molecular flexibility index (Phi) is 8.44. The van der Waals surface area contributed by atoms with Crippen LogP contribution in [0.15, 0.2) is 30.9 Å². The van der Waals surface area contributed by atoms with Crippen molar-refractivity contribution in [2.75, 3.05) is 39.5 Å². The number of aliphatic hydroxyl groups is 1. The summed E-state index contributed by atoms with van der Waals surface area (Å²) in [5, 5.41) is 12.4. The van der Waals surface area contributed by atoms with Gasteiger partial charge in [0.25, 0.3) is 5.91 Å². The van der Waals surface area contributed by atoms with Gasteiger partial charge in [0.15, 0.2) is 11.5 Å². The van der Waals surface area contributed by atoms with Gasteiger partial charge in [0.2, 0.25) is 0 Å². The van der Waals surface area contributed by atoms with Crippen molar-refractivity contribution in [1.29, 1.82) is 0 Å². The van der Waals surface area contributed by atoms with Crippen LogP contribution in [0.4, 0.5) is 0 Å². The van der Waals surface area contributed by atoms with Crippen LogP contribution in [0.5, 0.6) is 11.5 Å². The molecule has 1 aliphatic heterocycles. The lowest BCUT2D eigenvalue weighted by molar-refractivity contribution is 0.0849. The summed E-state index contributed by atoms with van der Waals surface area (Å²) >= 11 is 0. The molecule has 1 amide bonds. The van der Waals surface area contributed by atoms with E-state index in [4.69, 9.17) is 9.47 Å². The van der Waals surface area contributed by atoms with Crippen LogP contribution in [0.1, 0.15) is 36.5 Å². The summed E-state index contributed by atoms with van der Waals surface area (Å²) < 4.78 is 11.1. The molecular weight excluding hydrogens is 332 g/mol. The zero-order valence-electron chi connectivity index (χ0n) is 15.6. The Balaban J connectivity index is 1.91. The fourth-order valence-corrected chi connectivity index (χ4v) is 3.16. The third-order valence-electron chi connectivity index (χ3n) is 4.51. The van der Waals surface area contributed by atoms with E-state index < -0.39 is 0 Å². The first-order valence-corrected chi connectivity index (χ1v) is 9.33. The van der Waals surface area contributed by atoms with Gasteiger partial charge >= 0.3 is 0 Å². The molecule has 6 heteroatoms. The van der Waals surface area contributed by atoms with Crippen LogP contribution in [0.3, 0.4) is 0 Å². The average molecular weight is 362 g/mol. The Morgan fingerprint density at radius 1 is 1.38 bits per heavy atom. The number of rotatable bonds is 10. The van der Waals surface area contributed by atoms with Gasteiger partial charge in [0, 0.05) is 24.7 Å². The molecule has 0 bridgehead atoms. The SMILES string of the molecule is C=CCOc1ccc(C(=O)NCCN2CCCC[C@H]2CO)cc1OCC. The Morgan fingerprint density at radius 3 is 2.96 bits per heavy atom. The Labute approximate surface area is 155 Å². The van der Waals surface area contributed by atoms with Crippen LogP contribution in [-0.4, -0.2) is 61.4 Å². The minimum absolute atomic E-state index is 0.140. The number of hydrogen-bond acceptors (Lipinski definition) is 5. The number of nitrogens with one attached hydrogen (secondary N) is 1. The molecule has 0 radical (unpaired) electrons. The smallest absolute Gasteiger partial charge is 0.251 e. The van der Waals surface area contributed by atoms with Crippen LogP contribution in [0, 0.1) is 0 Å².